The molecule has 0 bridgehead atoms. The Kier molecular flexibility index (Phi) is 2.36. The van der Waals surface area contributed by atoms with Gasteiger partial charge in [0.25, 0.3) is 0 Å². The quantitative estimate of drug-likeness (QED) is 0.682. The molecule has 1 heterocycles. The summed E-state index contributed by atoms with van der Waals surface area (Å²) < 4.78 is 72.4. The molecule has 2 rings (SSSR count). The fourth-order valence-electron chi connectivity index (χ4n) is 1.34. The number of rotatable bonds is 3. The van der Waals surface area contributed by atoms with Crippen molar-refractivity contribution in [1.29, 1.82) is 0 Å². The van der Waals surface area contributed by atoms with Crippen LogP contribution in [0.4, 0.5) is 25.1 Å². The van der Waals surface area contributed by atoms with Gasteiger partial charge in [-0.3, -0.25) is 0 Å². The van der Waals surface area contributed by atoms with Crippen LogP contribution in [0.5, 0.6) is 5.75 Å². The molecule has 1 aromatic rings. The van der Waals surface area contributed by atoms with Crippen LogP contribution >= 0.6 is 10.2 Å². The fraction of sp³-hybridized carbons (Fsp3) is 0.333. The van der Waals surface area contributed by atoms with Crippen molar-refractivity contribution < 1.29 is 28.9 Å². The maximum absolute atomic E-state index is 12.5. The zero-order valence-electron chi connectivity index (χ0n) is 8.92. The molecule has 3 nitrogen and oxygen atoms in total. The molecule has 1 fully saturated rings. The van der Waals surface area contributed by atoms with E-state index in [0.29, 0.717) is 13.2 Å². The molecule has 18 heavy (non-hydrogen) atoms. The van der Waals surface area contributed by atoms with Crippen LogP contribution in [0.25, 0.3) is 0 Å². The number of halogens is 5. The lowest BCUT2D eigenvalue weighted by Crippen LogP contribution is -2.38. The van der Waals surface area contributed by atoms with E-state index in [1.54, 1.807) is 0 Å². The summed E-state index contributed by atoms with van der Waals surface area (Å²) in [6, 6.07) is 1.25. The van der Waals surface area contributed by atoms with E-state index in [4.69, 9.17) is 15.2 Å². The van der Waals surface area contributed by atoms with Gasteiger partial charge in [0.05, 0.1) is 18.9 Å². The van der Waals surface area contributed by atoms with Crippen LogP contribution in [0.1, 0.15) is 0 Å². The van der Waals surface area contributed by atoms with Gasteiger partial charge in [0.15, 0.2) is 0 Å². The summed E-state index contributed by atoms with van der Waals surface area (Å²) in [6.07, 6.45) is -0.307. The van der Waals surface area contributed by atoms with E-state index in [2.05, 4.69) is 0 Å². The standard InChI is InChI=1S/C9H10F5NO2S/c10-18(11,12,13,14)7-1-2-9(8(15)3-7)17-6-4-16-5-6/h1-3,6H,4-5,15H2. The Labute approximate surface area is 99.4 Å². The van der Waals surface area contributed by atoms with Gasteiger partial charge < -0.3 is 15.2 Å². The molecule has 1 saturated heterocycles. The van der Waals surface area contributed by atoms with E-state index in [0.717, 1.165) is 6.07 Å². The number of hydrogen-bond acceptors (Lipinski definition) is 3. The highest BCUT2D eigenvalue weighted by Gasteiger charge is 2.65. The van der Waals surface area contributed by atoms with E-state index in [1.807, 2.05) is 0 Å². The Hall–Kier alpha value is -1.22. The molecule has 0 aromatic heterocycles. The number of anilines is 1. The second kappa shape index (κ2) is 3.21. The molecular formula is C9H10F5NO2S. The van der Waals surface area contributed by atoms with Crippen LogP contribution in [-0.4, -0.2) is 19.3 Å². The molecule has 1 aromatic carbocycles. The molecule has 1 aliphatic rings. The fourth-order valence-corrected chi connectivity index (χ4v) is 2.01. The molecule has 0 amide bonds. The third-order valence-corrected chi connectivity index (χ3v) is 3.47. The molecule has 1 aliphatic heterocycles. The molecule has 0 radical (unpaired) electrons. The smallest absolute Gasteiger partial charge is 0.310 e. The van der Waals surface area contributed by atoms with Gasteiger partial charge in [0.1, 0.15) is 16.7 Å². The minimum atomic E-state index is -9.69. The summed E-state index contributed by atoms with van der Waals surface area (Å²) in [5, 5.41) is 0. The molecule has 0 spiro atoms. The van der Waals surface area contributed by atoms with Crippen molar-refractivity contribution in [3.63, 3.8) is 0 Å². The first-order valence-electron chi connectivity index (χ1n) is 4.84. The minimum absolute atomic E-state index is 0.0612. The first-order chi connectivity index (χ1) is 7.95. The number of nitrogens with two attached hydrogens (primary N) is 1. The van der Waals surface area contributed by atoms with Crippen LogP contribution in [0.3, 0.4) is 0 Å². The van der Waals surface area contributed by atoms with Crippen molar-refractivity contribution in [3.05, 3.63) is 18.2 Å². The highest BCUT2D eigenvalue weighted by Crippen LogP contribution is 3.02. The first-order valence-corrected chi connectivity index (χ1v) is 6.79. The largest absolute Gasteiger partial charge is 0.483 e. The average Bonchev–Trinajstić information content (AvgIpc) is 2.09. The molecule has 2 N–H and O–H groups in total. The van der Waals surface area contributed by atoms with Crippen molar-refractivity contribution in [1.82, 2.24) is 0 Å². The average molecular weight is 291 g/mol. The van der Waals surface area contributed by atoms with Crippen LogP contribution in [0, 0.1) is 0 Å². The van der Waals surface area contributed by atoms with Crippen molar-refractivity contribution >= 4 is 15.9 Å². The van der Waals surface area contributed by atoms with E-state index in [1.165, 1.54) is 0 Å². The van der Waals surface area contributed by atoms with Crippen LogP contribution < -0.4 is 10.5 Å². The summed E-state index contributed by atoms with van der Waals surface area (Å²) in [5.41, 5.74) is 4.80. The lowest BCUT2D eigenvalue weighted by molar-refractivity contribution is -0.0794. The maximum Gasteiger partial charge on any atom is 0.310 e. The van der Waals surface area contributed by atoms with Crippen LogP contribution in [-0.2, 0) is 4.74 Å². The predicted octanol–water partition coefficient (Wildman–Crippen LogP) is 3.70. The summed E-state index contributed by atoms with van der Waals surface area (Å²) in [6.45, 7) is 0.589. The van der Waals surface area contributed by atoms with Gasteiger partial charge >= 0.3 is 10.2 Å². The number of ether oxygens (including phenoxy) is 2. The summed E-state index contributed by atoms with van der Waals surface area (Å²) in [7, 11) is -9.69. The van der Waals surface area contributed by atoms with E-state index >= 15 is 0 Å². The Balaban J connectivity index is 2.30. The first kappa shape index (κ1) is 13.2. The maximum atomic E-state index is 12.5. The van der Waals surface area contributed by atoms with E-state index < -0.39 is 20.8 Å². The lowest BCUT2D eigenvalue weighted by Gasteiger charge is -2.40. The topological polar surface area (TPSA) is 44.5 Å². The number of hydrogen-bond donors (Lipinski definition) is 1. The van der Waals surface area contributed by atoms with Gasteiger partial charge in [-0.2, -0.15) is 0 Å². The van der Waals surface area contributed by atoms with Crippen LogP contribution in [0.15, 0.2) is 23.1 Å². The Morgan fingerprint density at radius 1 is 1.17 bits per heavy atom. The molecule has 104 valence electrons. The Morgan fingerprint density at radius 2 is 1.78 bits per heavy atom. The van der Waals surface area contributed by atoms with Gasteiger partial charge in [-0.25, -0.2) is 0 Å². The van der Waals surface area contributed by atoms with E-state index in [9.17, 15) is 19.4 Å². The third-order valence-electron chi connectivity index (χ3n) is 2.33. The van der Waals surface area contributed by atoms with Crippen molar-refractivity contribution in [2.75, 3.05) is 18.9 Å². The Bertz CT molecular complexity index is 485. The highest BCUT2D eigenvalue weighted by molar-refractivity contribution is 8.45. The highest BCUT2D eigenvalue weighted by atomic mass is 32.5. The minimum Gasteiger partial charge on any atom is -0.483 e. The van der Waals surface area contributed by atoms with Crippen molar-refractivity contribution in [2.24, 2.45) is 0 Å². The molecule has 0 saturated carbocycles. The molecule has 0 atom stereocenters. The summed E-state index contributed by atoms with van der Waals surface area (Å²) in [5.74, 6) is -0.0612. The normalized spacial score (nSPS) is 20.7. The molecule has 0 unspecified atom stereocenters. The molecule has 0 aliphatic carbocycles. The Morgan fingerprint density at radius 3 is 2.17 bits per heavy atom. The van der Waals surface area contributed by atoms with Crippen LogP contribution in [0.2, 0.25) is 0 Å². The molecule has 9 heteroatoms. The van der Waals surface area contributed by atoms with E-state index in [-0.39, 0.29) is 24.0 Å². The third kappa shape index (κ3) is 2.78. The summed E-state index contributed by atoms with van der Waals surface area (Å²) in [4.78, 5) is -2.02. The van der Waals surface area contributed by atoms with Gasteiger partial charge in [-0.1, -0.05) is 19.4 Å². The predicted molar refractivity (Wildman–Crippen MR) is 57.5 cm³/mol. The van der Waals surface area contributed by atoms with Gasteiger partial charge in [0.2, 0.25) is 0 Å². The van der Waals surface area contributed by atoms with Crippen molar-refractivity contribution in [3.8, 4) is 5.75 Å². The number of nitrogen functional groups attached to an aromatic ring is 1. The number of benzene rings is 1. The summed E-state index contributed by atoms with van der Waals surface area (Å²) >= 11 is 0. The van der Waals surface area contributed by atoms with Gasteiger partial charge in [-0.05, 0) is 18.2 Å². The second-order valence-corrected chi connectivity index (χ2v) is 6.36. The second-order valence-electron chi connectivity index (χ2n) is 3.95. The van der Waals surface area contributed by atoms with Crippen molar-refractivity contribution in [2.45, 2.75) is 11.0 Å². The lowest BCUT2D eigenvalue weighted by atomic mass is 10.2. The molecular weight excluding hydrogens is 281 g/mol. The van der Waals surface area contributed by atoms with Gasteiger partial charge in [-0.15, -0.1) is 0 Å². The monoisotopic (exact) mass is 291 g/mol. The zero-order chi connectivity index (χ0) is 13.7. The van der Waals surface area contributed by atoms with Gasteiger partial charge in [0, 0.05) is 0 Å². The SMILES string of the molecule is Nc1cc(S(F)(F)(F)(F)F)ccc1OC1COC1. The zero-order valence-corrected chi connectivity index (χ0v) is 9.73.